The van der Waals surface area contributed by atoms with Gasteiger partial charge in [-0.3, -0.25) is 19.8 Å². The SMILES string of the molecule is C=CCN1C(=O)/C(=C/c2cc(Cl)c(OCc3ccc4ccccc4c3)c(OC)c2)C(=O)NC1=S. The predicted octanol–water partition coefficient (Wildman–Crippen LogP) is 4.89. The van der Waals surface area contributed by atoms with Crippen LogP contribution in [-0.4, -0.2) is 35.5 Å². The van der Waals surface area contributed by atoms with Crippen LogP contribution in [0.5, 0.6) is 11.5 Å². The maximum Gasteiger partial charge on any atom is 0.265 e. The summed E-state index contributed by atoms with van der Waals surface area (Å²) in [4.78, 5) is 26.4. The van der Waals surface area contributed by atoms with Gasteiger partial charge in [0.1, 0.15) is 12.2 Å². The van der Waals surface area contributed by atoms with Gasteiger partial charge in [-0.15, -0.1) is 6.58 Å². The molecule has 0 aromatic heterocycles. The number of benzene rings is 3. The molecule has 2 amide bonds. The zero-order chi connectivity index (χ0) is 24.2. The number of carbonyl (C=O) groups excluding carboxylic acids is 2. The van der Waals surface area contributed by atoms with Gasteiger partial charge in [0.15, 0.2) is 16.6 Å². The third-order valence-electron chi connectivity index (χ3n) is 5.26. The summed E-state index contributed by atoms with van der Waals surface area (Å²) in [7, 11) is 1.49. The number of nitrogens with zero attached hydrogens (tertiary/aromatic N) is 1. The normalized spacial score (nSPS) is 14.9. The molecule has 0 saturated carbocycles. The van der Waals surface area contributed by atoms with Crippen molar-refractivity contribution in [2.45, 2.75) is 6.61 Å². The molecule has 172 valence electrons. The fraction of sp³-hybridized carbons (Fsp3) is 0.115. The van der Waals surface area contributed by atoms with Crippen LogP contribution in [0.1, 0.15) is 11.1 Å². The Balaban J connectivity index is 1.60. The Morgan fingerprint density at radius 3 is 2.62 bits per heavy atom. The molecule has 3 aromatic rings. The molecular formula is C26H21ClN2O4S. The van der Waals surface area contributed by atoms with Crippen LogP contribution in [-0.2, 0) is 16.2 Å². The molecule has 1 heterocycles. The fourth-order valence-corrected chi connectivity index (χ4v) is 4.13. The molecule has 0 aliphatic carbocycles. The van der Waals surface area contributed by atoms with E-state index in [0.717, 1.165) is 16.3 Å². The lowest BCUT2D eigenvalue weighted by Gasteiger charge is -2.27. The van der Waals surface area contributed by atoms with Crippen LogP contribution in [0.4, 0.5) is 0 Å². The monoisotopic (exact) mass is 492 g/mol. The third kappa shape index (κ3) is 4.81. The van der Waals surface area contributed by atoms with Crippen molar-refractivity contribution < 1.29 is 19.1 Å². The second-order valence-electron chi connectivity index (χ2n) is 7.53. The summed E-state index contributed by atoms with van der Waals surface area (Å²) in [6.07, 6.45) is 2.97. The number of carbonyl (C=O) groups is 2. The summed E-state index contributed by atoms with van der Waals surface area (Å²) in [6, 6.07) is 17.4. The van der Waals surface area contributed by atoms with Gasteiger partial charge >= 0.3 is 0 Å². The van der Waals surface area contributed by atoms with Crippen molar-refractivity contribution in [1.82, 2.24) is 10.2 Å². The van der Waals surface area contributed by atoms with E-state index >= 15 is 0 Å². The Bertz CT molecular complexity index is 1350. The van der Waals surface area contributed by atoms with Crippen molar-refractivity contribution >= 4 is 57.6 Å². The van der Waals surface area contributed by atoms with E-state index < -0.39 is 11.8 Å². The molecule has 34 heavy (non-hydrogen) atoms. The van der Waals surface area contributed by atoms with Crippen molar-refractivity contribution in [3.05, 3.63) is 89.0 Å². The van der Waals surface area contributed by atoms with Gasteiger partial charge in [0.25, 0.3) is 11.8 Å². The summed E-state index contributed by atoms with van der Waals surface area (Å²) in [5.74, 6) is -0.349. The molecule has 1 N–H and O–H groups in total. The molecule has 3 aromatic carbocycles. The molecule has 8 heteroatoms. The molecule has 6 nitrogen and oxygen atoms in total. The quantitative estimate of drug-likeness (QED) is 0.220. The number of nitrogens with one attached hydrogen (secondary N) is 1. The number of ether oxygens (including phenoxy) is 2. The van der Waals surface area contributed by atoms with Crippen molar-refractivity contribution in [2.75, 3.05) is 13.7 Å². The number of fused-ring (bicyclic) bond motifs is 1. The maximum atomic E-state index is 12.8. The second kappa shape index (κ2) is 10.1. The predicted molar refractivity (Wildman–Crippen MR) is 137 cm³/mol. The molecule has 0 unspecified atom stereocenters. The smallest absolute Gasteiger partial charge is 0.265 e. The summed E-state index contributed by atoms with van der Waals surface area (Å²) >= 11 is 11.6. The lowest BCUT2D eigenvalue weighted by Crippen LogP contribution is -2.53. The number of methoxy groups -OCH3 is 1. The van der Waals surface area contributed by atoms with E-state index in [1.165, 1.54) is 24.2 Å². The largest absolute Gasteiger partial charge is 0.493 e. The van der Waals surface area contributed by atoms with E-state index in [0.29, 0.717) is 17.1 Å². The van der Waals surface area contributed by atoms with Gasteiger partial charge in [0, 0.05) is 6.54 Å². The van der Waals surface area contributed by atoms with E-state index in [4.69, 9.17) is 33.3 Å². The number of hydrogen-bond acceptors (Lipinski definition) is 5. The Morgan fingerprint density at radius 1 is 1.12 bits per heavy atom. The van der Waals surface area contributed by atoms with Crippen molar-refractivity contribution in [1.29, 1.82) is 0 Å². The highest BCUT2D eigenvalue weighted by atomic mass is 35.5. The maximum absolute atomic E-state index is 12.8. The molecule has 1 aliphatic rings. The van der Waals surface area contributed by atoms with E-state index in [-0.39, 0.29) is 28.9 Å². The number of halogens is 1. The first-order valence-electron chi connectivity index (χ1n) is 10.4. The van der Waals surface area contributed by atoms with E-state index in [1.807, 2.05) is 30.3 Å². The Morgan fingerprint density at radius 2 is 1.88 bits per heavy atom. The zero-order valence-corrected chi connectivity index (χ0v) is 19.9. The van der Waals surface area contributed by atoms with E-state index in [2.05, 4.69) is 24.0 Å². The molecule has 0 bridgehead atoms. The number of rotatable bonds is 7. The first-order chi connectivity index (χ1) is 16.4. The molecule has 1 aliphatic heterocycles. The van der Waals surface area contributed by atoms with Gasteiger partial charge in [-0.25, -0.2) is 0 Å². The minimum absolute atomic E-state index is 0.0418. The van der Waals surface area contributed by atoms with Crippen LogP contribution in [0.2, 0.25) is 5.02 Å². The second-order valence-corrected chi connectivity index (χ2v) is 8.32. The molecule has 0 atom stereocenters. The van der Waals surface area contributed by atoms with Crippen LogP contribution in [0.25, 0.3) is 16.8 Å². The van der Waals surface area contributed by atoms with E-state index in [1.54, 1.807) is 12.1 Å². The standard InChI is InChI=1S/C26H21ClN2O4S/c1-3-10-29-25(31)20(24(30)28-26(29)34)12-17-13-21(27)23(22(14-17)32-2)33-15-16-8-9-18-6-4-5-7-19(18)11-16/h3-9,11-14H,1,10,15H2,2H3,(H,28,30,34)/b20-12+. The highest BCUT2D eigenvalue weighted by Gasteiger charge is 2.32. The number of amides is 2. The minimum Gasteiger partial charge on any atom is -0.493 e. The van der Waals surface area contributed by atoms with Gasteiger partial charge in [0.2, 0.25) is 0 Å². The first-order valence-corrected chi connectivity index (χ1v) is 11.2. The van der Waals surface area contributed by atoms with Crippen LogP contribution in [0, 0.1) is 0 Å². The molecule has 4 rings (SSSR count). The minimum atomic E-state index is -0.581. The van der Waals surface area contributed by atoms with Crippen LogP contribution >= 0.6 is 23.8 Å². The molecule has 0 spiro atoms. The molecule has 0 radical (unpaired) electrons. The topological polar surface area (TPSA) is 67.9 Å². The lowest BCUT2D eigenvalue weighted by atomic mass is 10.1. The highest BCUT2D eigenvalue weighted by Crippen LogP contribution is 2.38. The Kier molecular flexibility index (Phi) is 6.95. The third-order valence-corrected chi connectivity index (χ3v) is 5.86. The molecule has 1 saturated heterocycles. The van der Waals surface area contributed by atoms with E-state index in [9.17, 15) is 9.59 Å². The molecule has 1 fully saturated rings. The van der Waals surface area contributed by atoms with Crippen molar-refractivity contribution in [2.24, 2.45) is 0 Å². The summed E-state index contributed by atoms with van der Waals surface area (Å²) in [6.45, 7) is 4.09. The van der Waals surface area contributed by atoms with Crippen molar-refractivity contribution in [3.8, 4) is 11.5 Å². The number of thiocarbonyl (C=S) groups is 1. The average molecular weight is 493 g/mol. The van der Waals surface area contributed by atoms with Gasteiger partial charge in [-0.2, -0.15) is 0 Å². The summed E-state index contributed by atoms with van der Waals surface area (Å²) in [5.41, 5.74) is 1.41. The van der Waals surface area contributed by atoms with Gasteiger partial charge in [-0.1, -0.05) is 54.1 Å². The molecular weight excluding hydrogens is 472 g/mol. The summed E-state index contributed by atoms with van der Waals surface area (Å²) < 4.78 is 11.5. The van der Waals surface area contributed by atoms with Crippen LogP contribution < -0.4 is 14.8 Å². The van der Waals surface area contributed by atoms with Crippen LogP contribution in [0.15, 0.2) is 72.8 Å². The zero-order valence-electron chi connectivity index (χ0n) is 18.3. The van der Waals surface area contributed by atoms with Gasteiger partial charge < -0.3 is 9.47 Å². The Hall–Kier alpha value is -3.68. The Labute approximate surface area is 207 Å². The highest BCUT2D eigenvalue weighted by molar-refractivity contribution is 7.80. The fourth-order valence-electron chi connectivity index (χ4n) is 3.60. The average Bonchev–Trinajstić information content (AvgIpc) is 2.83. The van der Waals surface area contributed by atoms with Crippen molar-refractivity contribution in [3.63, 3.8) is 0 Å². The van der Waals surface area contributed by atoms with Crippen LogP contribution in [0.3, 0.4) is 0 Å². The first kappa shape index (κ1) is 23.5. The number of hydrogen-bond donors (Lipinski definition) is 1. The van der Waals surface area contributed by atoms with Gasteiger partial charge in [-0.05, 0) is 58.4 Å². The summed E-state index contributed by atoms with van der Waals surface area (Å²) in [5, 5.41) is 5.10. The van der Waals surface area contributed by atoms with Gasteiger partial charge in [0.05, 0.1) is 12.1 Å². The lowest BCUT2D eigenvalue weighted by molar-refractivity contribution is -0.128.